The maximum atomic E-state index is 10.6. The van der Waals surface area contributed by atoms with Gasteiger partial charge in [0, 0.05) is 12.6 Å². The third-order valence-corrected chi connectivity index (χ3v) is 4.22. The summed E-state index contributed by atoms with van der Waals surface area (Å²) >= 11 is 7.15. The maximum absolute atomic E-state index is 10.6. The summed E-state index contributed by atoms with van der Waals surface area (Å²) in [6.45, 7) is 6.37. The first-order valence-corrected chi connectivity index (χ1v) is 5.97. The summed E-state index contributed by atoms with van der Waals surface area (Å²) in [6, 6.07) is 0. The first kappa shape index (κ1) is 12.5. The molecule has 0 spiro atoms. The van der Waals surface area contributed by atoms with Crippen molar-refractivity contribution < 1.29 is 4.79 Å². The lowest BCUT2D eigenvalue weighted by Gasteiger charge is -2.34. The summed E-state index contributed by atoms with van der Waals surface area (Å²) in [4.78, 5) is 17.4. The SMILES string of the molecule is CCC(C)(C)N(C)c1nc(Cl)c(C=O)s1. The highest BCUT2D eigenvalue weighted by Crippen LogP contribution is 2.32. The zero-order valence-electron chi connectivity index (χ0n) is 9.37. The standard InChI is InChI=1S/C10H15ClN2OS/c1-5-10(2,3)13(4)9-12-8(11)7(6-14)15-9/h6H,5H2,1-4H3. The number of carbonyl (C=O) groups is 1. The lowest BCUT2D eigenvalue weighted by Crippen LogP contribution is -2.40. The predicted octanol–water partition coefficient (Wildman–Crippen LogP) is 3.23. The molecule has 84 valence electrons. The number of halogens is 1. The number of aromatic nitrogens is 1. The summed E-state index contributed by atoms with van der Waals surface area (Å²) in [7, 11) is 1.97. The number of rotatable bonds is 4. The van der Waals surface area contributed by atoms with Gasteiger partial charge in [0.05, 0.1) is 0 Å². The van der Waals surface area contributed by atoms with Gasteiger partial charge in [0.1, 0.15) is 4.88 Å². The molecule has 15 heavy (non-hydrogen) atoms. The Kier molecular flexibility index (Phi) is 3.73. The van der Waals surface area contributed by atoms with Crippen molar-refractivity contribution in [2.45, 2.75) is 32.7 Å². The summed E-state index contributed by atoms with van der Waals surface area (Å²) in [5.41, 5.74) is 0.0152. The van der Waals surface area contributed by atoms with Gasteiger partial charge in [-0.2, -0.15) is 0 Å². The molecule has 1 aromatic rings. The van der Waals surface area contributed by atoms with Crippen molar-refractivity contribution in [1.29, 1.82) is 0 Å². The lowest BCUT2D eigenvalue weighted by atomic mass is 10.0. The molecule has 1 heterocycles. The van der Waals surface area contributed by atoms with Gasteiger partial charge >= 0.3 is 0 Å². The van der Waals surface area contributed by atoms with Gasteiger partial charge in [-0.1, -0.05) is 29.9 Å². The van der Waals surface area contributed by atoms with Crippen molar-refractivity contribution in [3.8, 4) is 0 Å². The fraction of sp³-hybridized carbons (Fsp3) is 0.600. The van der Waals surface area contributed by atoms with Crippen LogP contribution in [0.15, 0.2) is 0 Å². The molecular weight excluding hydrogens is 232 g/mol. The Morgan fingerprint density at radius 2 is 2.20 bits per heavy atom. The topological polar surface area (TPSA) is 33.2 Å². The minimum Gasteiger partial charge on any atom is -0.346 e. The van der Waals surface area contributed by atoms with Crippen molar-refractivity contribution in [2.75, 3.05) is 11.9 Å². The first-order valence-electron chi connectivity index (χ1n) is 4.77. The number of carbonyl (C=O) groups excluding carboxylic acids is 1. The van der Waals surface area contributed by atoms with E-state index in [0.29, 0.717) is 10.0 Å². The molecule has 0 saturated carbocycles. The van der Waals surface area contributed by atoms with E-state index in [2.05, 4.69) is 30.7 Å². The van der Waals surface area contributed by atoms with E-state index in [9.17, 15) is 4.79 Å². The summed E-state index contributed by atoms with van der Waals surface area (Å²) in [6.07, 6.45) is 1.74. The highest BCUT2D eigenvalue weighted by molar-refractivity contribution is 7.17. The van der Waals surface area contributed by atoms with Crippen molar-refractivity contribution in [1.82, 2.24) is 4.98 Å². The van der Waals surface area contributed by atoms with Gasteiger partial charge < -0.3 is 4.90 Å². The first-order chi connectivity index (χ1) is 6.92. The third-order valence-electron chi connectivity index (χ3n) is 2.77. The Morgan fingerprint density at radius 1 is 1.60 bits per heavy atom. The van der Waals surface area contributed by atoms with Gasteiger partial charge in [0.2, 0.25) is 0 Å². The molecule has 3 nitrogen and oxygen atoms in total. The normalized spacial score (nSPS) is 11.5. The van der Waals surface area contributed by atoms with Crippen LogP contribution >= 0.6 is 22.9 Å². The molecule has 0 aliphatic rings. The predicted molar refractivity (Wildman–Crippen MR) is 65.3 cm³/mol. The van der Waals surface area contributed by atoms with Crippen LogP contribution in [0.25, 0.3) is 0 Å². The Morgan fingerprint density at radius 3 is 2.60 bits per heavy atom. The van der Waals surface area contributed by atoms with Gasteiger partial charge in [0.15, 0.2) is 16.6 Å². The quantitative estimate of drug-likeness (QED) is 0.765. The molecule has 0 N–H and O–H groups in total. The summed E-state index contributed by atoms with van der Waals surface area (Å²) in [5, 5.41) is 1.08. The number of hydrogen-bond acceptors (Lipinski definition) is 4. The Labute approximate surface area is 99.1 Å². The molecule has 0 amide bonds. The molecule has 1 rings (SSSR count). The Hall–Kier alpha value is -0.610. The zero-order chi connectivity index (χ0) is 11.6. The van der Waals surface area contributed by atoms with Gasteiger partial charge in [-0.15, -0.1) is 0 Å². The second kappa shape index (κ2) is 4.49. The molecule has 0 aromatic carbocycles. The second-order valence-corrected chi connectivity index (χ2v) is 5.36. The van der Waals surface area contributed by atoms with Gasteiger partial charge in [0.25, 0.3) is 0 Å². The van der Waals surface area contributed by atoms with E-state index in [4.69, 9.17) is 11.6 Å². The molecule has 0 radical (unpaired) electrons. The van der Waals surface area contributed by atoms with Gasteiger partial charge in [-0.05, 0) is 20.3 Å². The largest absolute Gasteiger partial charge is 0.346 e. The molecule has 5 heteroatoms. The number of anilines is 1. The number of nitrogens with zero attached hydrogens (tertiary/aromatic N) is 2. The van der Waals surface area contributed by atoms with Crippen molar-refractivity contribution in [3.05, 3.63) is 10.0 Å². The van der Waals surface area contributed by atoms with Crippen molar-refractivity contribution in [3.63, 3.8) is 0 Å². The smallest absolute Gasteiger partial charge is 0.187 e. The molecule has 0 bridgehead atoms. The summed E-state index contributed by atoms with van der Waals surface area (Å²) in [5.74, 6) is 0. The molecule has 1 aromatic heterocycles. The van der Waals surface area contributed by atoms with E-state index in [1.54, 1.807) is 0 Å². The molecular formula is C10H15ClN2OS. The molecule has 0 saturated heterocycles. The Balaban J connectivity index is 3.01. The minimum atomic E-state index is 0.0152. The maximum Gasteiger partial charge on any atom is 0.187 e. The molecule has 0 aliphatic heterocycles. The van der Waals surface area contributed by atoms with E-state index in [0.717, 1.165) is 17.8 Å². The van der Waals surface area contributed by atoms with Crippen LogP contribution in [0.1, 0.15) is 36.9 Å². The van der Waals surface area contributed by atoms with Gasteiger partial charge in [-0.3, -0.25) is 4.79 Å². The van der Waals surface area contributed by atoms with E-state index in [-0.39, 0.29) is 5.54 Å². The van der Waals surface area contributed by atoms with E-state index in [1.807, 2.05) is 7.05 Å². The van der Waals surface area contributed by atoms with Crippen LogP contribution in [0.3, 0.4) is 0 Å². The van der Waals surface area contributed by atoms with Crippen LogP contribution in [-0.4, -0.2) is 23.9 Å². The average Bonchev–Trinajstić information content (AvgIpc) is 2.58. The zero-order valence-corrected chi connectivity index (χ0v) is 10.9. The van der Waals surface area contributed by atoms with E-state index >= 15 is 0 Å². The summed E-state index contributed by atoms with van der Waals surface area (Å²) < 4.78 is 0. The third kappa shape index (κ3) is 2.49. The highest BCUT2D eigenvalue weighted by atomic mass is 35.5. The van der Waals surface area contributed by atoms with Crippen LogP contribution in [0.5, 0.6) is 0 Å². The van der Waals surface area contributed by atoms with Gasteiger partial charge in [-0.25, -0.2) is 4.98 Å². The van der Waals surface area contributed by atoms with Crippen LogP contribution in [0.4, 0.5) is 5.13 Å². The van der Waals surface area contributed by atoms with Crippen LogP contribution in [0.2, 0.25) is 5.15 Å². The average molecular weight is 247 g/mol. The minimum absolute atomic E-state index is 0.0152. The van der Waals surface area contributed by atoms with Crippen LogP contribution in [-0.2, 0) is 0 Å². The fourth-order valence-corrected chi connectivity index (χ4v) is 2.20. The monoisotopic (exact) mass is 246 g/mol. The number of hydrogen-bond donors (Lipinski definition) is 0. The van der Waals surface area contributed by atoms with Crippen LogP contribution < -0.4 is 4.90 Å². The molecule has 0 unspecified atom stereocenters. The Bertz CT molecular complexity index is 362. The number of thiazole rings is 1. The molecule has 0 aliphatic carbocycles. The number of aldehydes is 1. The van der Waals surface area contributed by atoms with E-state index in [1.165, 1.54) is 11.3 Å². The van der Waals surface area contributed by atoms with Crippen molar-refractivity contribution in [2.24, 2.45) is 0 Å². The van der Waals surface area contributed by atoms with E-state index < -0.39 is 0 Å². The molecule has 0 atom stereocenters. The second-order valence-electron chi connectivity index (χ2n) is 3.99. The lowest BCUT2D eigenvalue weighted by molar-refractivity contribution is 0.112. The fourth-order valence-electron chi connectivity index (χ4n) is 1.01. The molecule has 0 fully saturated rings. The highest BCUT2D eigenvalue weighted by Gasteiger charge is 2.24. The van der Waals surface area contributed by atoms with Crippen molar-refractivity contribution >= 4 is 34.4 Å². The van der Waals surface area contributed by atoms with Crippen LogP contribution in [0, 0.1) is 0 Å².